The van der Waals surface area contributed by atoms with Crippen LogP contribution in [0.2, 0.25) is 0 Å². The second kappa shape index (κ2) is 8.89. The number of aliphatic hydroxyl groups excluding tert-OH is 1. The summed E-state index contributed by atoms with van der Waals surface area (Å²) in [5.74, 6) is 0.877. The number of aliphatic hydroxyl groups is 1. The first-order chi connectivity index (χ1) is 11.1. The standard InChI is InChI=1S/C18H28N2O3/c1-23-15-9-5-8-14(10-15)12-20-18(22)17(21)16(19)11-13-6-3-2-4-7-13/h5,8-10,13,16-17,21H,2-4,6-7,11-12,19H2,1H3,(H,20,22)/t16-,17?/m1/s1. The van der Waals surface area contributed by atoms with Crippen LogP contribution < -0.4 is 15.8 Å². The molecule has 0 heterocycles. The highest BCUT2D eigenvalue weighted by molar-refractivity contribution is 5.81. The summed E-state index contributed by atoms with van der Waals surface area (Å²) in [6, 6.07) is 6.97. The molecule has 1 fully saturated rings. The van der Waals surface area contributed by atoms with Gasteiger partial charge in [0.2, 0.25) is 0 Å². The molecule has 0 bridgehead atoms. The van der Waals surface area contributed by atoms with E-state index in [9.17, 15) is 9.90 Å². The highest BCUT2D eigenvalue weighted by Gasteiger charge is 2.26. The number of ether oxygens (including phenoxy) is 1. The number of hydrogen-bond acceptors (Lipinski definition) is 4. The molecule has 23 heavy (non-hydrogen) atoms. The third-order valence-corrected chi connectivity index (χ3v) is 4.61. The van der Waals surface area contributed by atoms with Gasteiger partial charge in [-0.05, 0) is 30.0 Å². The predicted octanol–water partition coefficient (Wildman–Crippen LogP) is 1.97. The Morgan fingerprint density at radius 2 is 2.13 bits per heavy atom. The zero-order valence-corrected chi connectivity index (χ0v) is 13.8. The summed E-state index contributed by atoms with van der Waals surface area (Å²) in [5.41, 5.74) is 6.95. The highest BCUT2D eigenvalue weighted by atomic mass is 16.5. The van der Waals surface area contributed by atoms with E-state index in [2.05, 4.69) is 5.32 Å². The maximum atomic E-state index is 12.1. The van der Waals surface area contributed by atoms with E-state index in [0.29, 0.717) is 18.9 Å². The van der Waals surface area contributed by atoms with Crippen LogP contribution in [0.25, 0.3) is 0 Å². The molecule has 1 aliphatic carbocycles. The van der Waals surface area contributed by atoms with Crippen molar-refractivity contribution in [3.05, 3.63) is 29.8 Å². The van der Waals surface area contributed by atoms with Gasteiger partial charge in [0.05, 0.1) is 7.11 Å². The monoisotopic (exact) mass is 320 g/mol. The number of nitrogens with one attached hydrogen (secondary N) is 1. The maximum absolute atomic E-state index is 12.1. The normalized spacial score (nSPS) is 18.2. The lowest BCUT2D eigenvalue weighted by molar-refractivity contribution is -0.130. The van der Waals surface area contributed by atoms with Gasteiger partial charge in [-0.1, -0.05) is 44.2 Å². The number of carbonyl (C=O) groups excluding carboxylic acids is 1. The van der Waals surface area contributed by atoms with Gasteiger partial charge in [-0.25, -0.2) is 0 Å². The second-order valence-corrected chi connectivity index (χ2v) is 6.42. The Hall–Kier alpha value is -1.59. The minimum absolute atomic E-state index is 0.350. The van der Waals surface area contributed by atoms with Gasteiger partial charge in [-0.15, -0.1) is 0 Å². The molecule has 2 atom stereocenters. The van der Waals surface area contributed by atoms with Crippen molar-refractivity contribution in [1.82, 2.24) is 5.32 Å². The number of amides is 1. The van der Waals surface area contributed by atoms with E-state index in [1.54, 1.807) is 7.11 Å². The molecule has 1 aromatic rings. The second-order valence-electron chi connectivity index (χ2n) is 6.42. The van der Waals surface area contributed by atoms with E-state index in [4.69, 9.17) is 10.5 Å². The Morgan fingerprint density at radius 1 is 1.39 bits per heavy atom. The van der Waals surface area contributed by atoms with Crippen molar-refractivity contribution in [1.29, 1.82) is 0 Å². The van der Waals surface area contributed by atoms with E-state index in [1.807, 2.05) is 24.3 Å². The average molecular weight is 320 g/mol. The first-order valence-corrected chi connectivity index (χ1v) is 8.44. The van der Waals surface area contributed by atoms with Crippen LogP contribution in [0.1, 0.15) is 44.1 Å². The molecule has 1 amide bonds. The zero-order valence-electron chi connectivity index (χ0n) is 13.8. The molecular weight excluding hydrogens is 292 g/mol. The SMILES string of the molecule is COc1cccc(CNC(=O)C(O)[C@H](N)CC2CCCCC2)c1. The van der Waals surface area contributed by atoms with Crippen LogP contribution >= 0.6 is 0 Å². The maximum Gasteiger partial charge on any atom is 0.250 e. The van der Waals surface area contributed by atoms with E-state index >= 15 is 0 Å². The molecule has 1 saturated carbocycles. The molecule has 5 heteroatoms. The van der Waals surface area contributed by atoms with E-state index in [-0.39, 0.29) is 0 Å². The molecule has 0 radical (unpaired) electrons. The van der Waals surface area contributed by atoms with Crippen molar-refractivity contribution < 1.29 is 14.6 Å². The molecule has 0 aliphatic heterocycles. The number of methoxy groups -OCH3 is 1. The Morgan fingerprint density at radius 3 is 2.83 bits per heavy atom. The number of rotatable bonds is 7. The largest absolute Gasteiger partial charge is 0.497 e. The minimum Gasteiger partial charge on any atom is -0.497 e. The van der Waals surface area contributed by atoms with Crippen molar-refractivity contribution in [3.8, 4) is 5.75 Å². The summed E-state index contributed by atoms with van der Waals surface area (Å²) in [7, 11) is 1.60. The minimum atomic E-state index is -1.15. The van der Waals surface area contributed by atoms with Crippen molar-refractivity contribution in [2.75, 3.05) is 7.11 Å². The van der Waals surface area contributed by atoms with Gasteiger partial charge in [-0.3, -0.25) is 4.79 Å². The summed E-state index contributed by atoms with van der Waals surface area (Å²) in [6.45, 7) is 0.350. The summed E-state index contributed by atoms with van der Waals surface area (Å²) in [5, 5.41) is 12.9. The molecule has 5 nitrogen and oxygen atoms in total. The van der Waals surface area contributed by atoms with E-state index in [1.165, 1.54) is 19.3 Å². The molecule has 0 spiro atoms. The first kappa shape index (κ1) is 17.8. The average Bonchev–Trinajstić information content (AvgIpc) is 2.60. The quantitative estimate of drug-likeness (QED) is 0.717. The predicted molar refractivity (Wildman–Crippen MR) is 90.0 cm³/mol. The van der Waals surface area contributed by atoms with Crippen molar-refractivity contribution in [2.45, 2.75) is 57.2 Å². The van der Waals surface area contributed by atoms with Crippen LogP contribution in [0, 0.1) is 5.92 Å². The summed E-state index contributed by atoms with van der Waals surface area (Å²) >= 11 is 0. The molecule has 0 saturated heterocycles. The lowest BCUT2D eigenvalue weighted by Crippen LogP contribution is -2.47. The molecular formula is C18H28N2O3. The van der Waals surface area contributed by atoms with Crippen LogP contribution in [0.15, 0.2) is 24.3 Å². The summed E-state index contributed by atoms with van der Waals surface area (Å²) in [4.78, 5) is 12.1. The third-order valence-electron chi connectivity index (χ3n) is 4.61. The lowest BCUT2D eigenvalue weighted by Gasteiger charge is -2.26. The molecule has 4 N–H and O–H groups in total. The van der Waals surface area contributed by atoms with Gasteiger partial charge in [0.15, 0.2) is 0 Å². The number of nitrogens with two attached hydrogens (primary N) is 1. The Kier molecular flexibility index (Phi) is 6.86. The fraction of sp³-hybridized carbons (Fsp3) is 0.611. The number of benzene rings is 1. The van der Waals surface area contributed by atoms with Crippen molar-refractivity contribution >= 4 is 5.91 Å². The molecule has 1 aliphatic rings. The Labute approximate surface area is 138 Å². The summed E-state index contributed by atoms with van der Waals surface area (Å²) in [6.07, 6.45) is 5.63. The van der Waals surface area contributed by atoms with E-state index < -0.39 is 18.1 Å². The highest BCUT2D eigenvalue weighted by Crippen LogP contribution is 2.27. The summed E-state index contributed by atoms with van der Waals surface area (Å²) < 4.78 is 5.15. The zero-order chi connectivity index (χ0) is 16.7. The van der Waals surface area contributed by atoms with Gasteiger partial charge >= 0.3 is 0 Å². The van der Waals surface area contributed by atoms with Crippen LogP contribution in [0.4, 0.5) is 0 Å². The topological polar surface area (TPSA) is 84.6 Å². The Balaban J connectivity index is 1.79. The van der Waals surface area contributed by atoms with Gasteiger partial charge in [0, 0.05) is 12.6 Å². The Bertz CT molecular complexity index is 501. The van der Waals surface area contributed by atoms with Gasteiger partial charge < -0.3 is 20.9 Å². The van der Waals surface area contributed by atoms with Gasteiger partial charge in [0.25, 0.3) is 5.91 Å². The van der Waals surface area contributed by atoms with Crippen LogP contribution in [0.5, 0.6) is 5.75 Å². The molecule has 128 valence electrons. The number of carbonyl (C=O) groups is 1. The van der Waals surface area contributed by atoms with Gasteiger partial charge in [-0.2, -0.15) is 0 Å². The van der Waals surface area contributed by atoms with E-state index in [0.717, 1.165) is 24.2 Å². The first-order valence-electron chi connectivity index (χ1n) is 8.44. The smallest absolute Gasteiger partial charge is 0.250 e. The van der Waals surface area contributed by atoms with Crippen LogP contribution in [0.3, 0.4) is 0 Å². The van der Waals surface area contributed by atoms with Crippen LogP contribution in [-0.4, -0.2) is 30.3 Å². The van der Waals surface area contributed by atoms with Gasteiger partial charge in [0.1, 0.15) is 11.9 Å². The fourth-order valence-corrected chi connectivity index (χ4v) is 3.21. The molecule has 1 aromatic carbocycles. The molecule has 0 aromatic heterocycles. The fourth-order valence-electron chi connectivity index (χ4n) is 3.21. The number of hydrogen-bond donors (Lipinski definition) is 3. The molecule has 2 rings (SSSR count). The van der Waals surface area contributed by atoms with Crippen molar-refractivity contribution in [3.63, 3.8) is 0 Å². The lowest BCUT2D eigenvalue weighted by atomic mass is 9.84. The van der Waals surface area contributed by atoms with Crippen LogP contribution in [-0.2, 0) is 11.3 Å². The molecule has 1 unspecified atom stereocenters. The van der Waals surface area contributed by atoms with Crippen molar-refractivity contribution in [2.24, 2.45) is 11.7 Å². The third kappa shape index (κ3) is 5.52.